The topological polar surface area (TPSA) is 124 Å². The number of amides is 1. The second-order valence-electron chi connectivity index (χ2n) is 2.97. The molecule has 0 aromatic rings. The Bertz CT molecular complexity index is 323. The first-order valence-corrected chi connectivity index (χ1v) is 3.84. The highest BCUT2D eigenvalue weighted by Crippen LogP contribution is 2.07. The fraction of sp³-hybridized carbons (Fsp3) is 0.375. The third-order valence-corrected chi connectivity index (χ3v) is 1.47. The van der Waals surface area contributed by atoms with Gasteiger partial charge >= 0.3 is 11.9 Å². The maximum atomic E-state index is 11.0. The molecule has 0 fully saturated rings. The summed E-state index contributed by atoms with van der Waals surface area (Å²) in [5, 5.41) is 27.9. The highest BCUT2D eigenvalue weighted by atomic mass is 16.4. The van der Waals surface area contributed by atoms with Crippen molar-refractivity contribution in [2.45, 2.75) is 19.1 Å². The van der Waals surface area contributed by atoms with Crippen molar-refractivity contribution in [2.24, 2.45) is 0 Å². The number of hydrogen-bond acceptors (Lipinski definition) is 4. The first-order chi connectivity index (χ1) is 6.69. The lowest BCUT2D eigenvalue weighted by Gasteiger charge is -2.22. The average molecular weight is 217 g/mol. The average Bonchev–Trinajstić information content (AvgIpc) is 2.01. The first kappa shape index (κ1) is 13.1. The summed E-state index contributed by atoms with van der Waals surface area (Å²) in [6.45, 7) is 4.50. The van der Waals surface area contributed by atoms with Gasteiger partial charge in [0.15, 0.2) is 0 Å². The lowest BCUT2D eigenvalue weighted by atomic mass is 10.1. The van der Waals surface area contributed by atoms with Crippen LogP contribution in [0.3, 0.4) is 0 Å². The van der Waals surface area contributed by atoms with Crippen LogP contribution >= 0.6 is 0 Å². The Labute approximate surface area is 85.0 Å². The zero-order chi connectivity index (χ0) is 12.2. The minimum Gasteiger partial charge on any atom is -0.481 e. The molecule has 0 saturated carbocycles. The Morgan fingerprint density at radius 2 is 1.80 bits per heavy atom. The highest BCUT2D eigenvalue weighted by Gasteiger charge is 2.40. The van der Waals surface area contributed by atoms with Crippen molar-refractivity contribution in [3.63, 3.8) is 0 Å². The molecule has 0 radical (unpaired) electrons. The van der Waals surface area contributed by atoms with E-state index >= 15 is 0 Å². The summed E-state index contributed by atoms with van der Waals surface area (Å²) in [7, 11) is 0. The molecule has 1 amide bonds. The molecule has 84 valence electrons. The number of carbonyl (C=O) groups excluding carboxylic acids is 1. The van der Waals surface area contributed by atoms with Gasteiger partial charge in [0.1, 0.15) is 6.42 Å². The lowest BCUT2D eigenvalue weighted by molar-refractivity contribution is -0.170. The number of aliphatic hydroxyl groups is 1. The van der Waals surface area contributed by atoms with E-state index in [1.165, 1.54) is 6.92 Å². The molecule has 4 N–H and O–H groups in total. The van der Waals surface area contributed by atoms with Crippen molar-refractivity contribution in [3.05, 3.63) is 12.2 Å². The summed E-state index contributed by atoms with van der Waals surface area (Å²) in [4.78, 5) is 31.8. The number of carboxylic acid groups (broad SMARTS) is 2. The molecule has 0 aromatic carbocycles. The maximum Gasteiger partial charge on any atom is 0.357 e. The van der Waals surface area contributed by atoms with Gasteiger partial charge < -0.3 is 20.6 Å². The van der Waals surface area contributed by atoms with Gasteiger partial charge in [0.2, 0.25) is 11.6 Å². The Morgan fingerprint density at radius 3 is 2.07 bits per heavy atom. The standard InChI is InChI=1S/C8H11NO6/c1-4(2)6(12)9-8(15,7(13)14)3-5(10)11/h15H,1,3H2,2H3,(H,9,12)(H,10,11)(H,13,14). The van der Waals surface area contributed by atoms with Crippen LogP contribution in [-0.4, -0.2) is 38.9 Å². The summed E-state index contributed by atoms with van der Waals surface area (Å²) < 4.78 is 0. The number of rotatable bonds is 5. The van der Waals surface area contributed by atoms with E-state index in [1.807, 2.05) is 0 Å². The van der Waals surface area contributed by atoms with Gasteiger partial charge in [-0.25, -0.2) is 4.79 Å². The molecule has 0 aliphatic rings. The fourth-order valence-corrected chi connectivity index (χ4v) is 0.687. The van der Waals surface area contributed by atoms with Crippen LogP contribution in [0, 0.1) is 0 Å². The Kier molecular flexibility index (Phi) is 3.98. The van der Waals surface area contributed by atoms with Crippen LogP contribution < -0.4 is 5.32 Å². The normalized spacial score (nSPS) is 13.7. The van der Waals surface area contributed by atoms with Crippen LogP contribution in [0.25, 0.3) is 0 Å². The molecule has 0 aliphatic carbocycles. The maximum absolute atomic E-state index is 11.0. The Balaban J connectivity index is 4.81. The largest absolute Gasteiger partial charge is 0.481 e. The van der Waals surface area contributed by atoms with Crippen molar-refractivity contribution in [3.8, 4) is 0 Å². The van der Waals surface area contributed by atoms with E-state index in [2.05, 4.69) is 6.58 Å². The minimum absolute atomic E-state index is 0.0416. The molecular formula is C8H11NO6. The molecule has 0 heterocycles. The van der Waals surface area contributed by atoms with Gasteiger partial charge in [0, 0.05) is 5.57 Å². The monoisotopic (exact) mass is 217 g/mol. The molecule has 1 unspecified atom stereocenters. The Hall–Kier alpha value is -1.89. The quantitative estimate of drug-likeness (QED) is 0.343. The molecular weight excluding hydrogens is 206 g/mol. The second kappa shape index (κ2) is 4.56. The number of carboxylic acids is 2. The fourth-order valence-electron chi connectivity index (χ4n) is 0.687. The molecule has 0 aliphatic heterocycles. The zero-order valence-electron chi connectivity index (χ0n) is 7.98. The summed E-state index contributed by atoms with van der Waals surface area (Å²) in [6, 6.07) is 0. The molecule has 15 heavy (non-hydrogen) atoms. The van der Waals surface area contributed by atoms with Gasteiger partial charge in [0.05, 0.1) is 0 Å². The van der Waals surface area contributed by atoms with Crippen LogP contribution in [0.1, 0.15) is 13.3 Å². The van der Waals surface area contributed by atoms with Crippen LogP contribution in [0.5, 0.6) is 0 Å². The minimum atomic E-state index is -2.82. The summed E-state index contributed by atoms with van der Waals surface area (Å²) in [5.74, 6) is -4.33. The van der Waals surface area contributed by atoms with Crippen LogP contribution in [0.2, 0.25) is 0 Å². The third-order valence-electron chi connectivity index (χ3n) is 1.47. The third kappa shape index (κ3) is 3.77. The second-order valence-corrected chi connectivity index (χ2v) is 2.97. The van der Waals surface area contributed by atoms with Gasteiger partial charge in [0.25, 0.3) is 0 Å². The number of carbonyl (C=O) groups is 3. The number of aliphatic carboxylic acids is 2. The van der Waals surface area contributed by atoms with Crippen molar-refractivity contribution in [1.29, 1.82) is 0 Å². The van der Waals surface area contributed by atoms with Crippen molar-refractivity contribution < 1.29 is 29.7 Å². The van der Waals surface area contributed by atoms with Gasteiger partial charge in [-0.1, -0.05) is 6.58 Å². The first-order valence-electron chi connectivity index (χ1n) is 3.84. The van der Waals surface area contributed by atoms with Crippen LogP contribution in [0.4, 0.5) is 0 Å². The van der Waals surface area contributed by atoms with E-state index in [9.17, 15) is 19.5 Å². The van der Waals surface area contributed by atoms with E-state index in [1.54, 1.807) is 5.32 Å². The molecule has 1 atom stereocenters. The molecule has 0 aromatic heterocycles. The van der Waals surface area contributed by atoms with Gasteiger partial charge in [-0.15, -0.1) is 0 Å². The molecule has 7 nitrogen and oxygen atoms in total. The van der Waals surface area contributed by atoms with Crippen molar-refractivity contribution in [1.82, 2.24) is 5.32 Å². The summed E-state index contributed by atoms with van der Waals surface area (Å²) in [5.41, 5.74) is -2.86. The summed E-state index contributed by atoms with van der Waals surface area (Å²) in [6.07, 6.45) is -1.14. The highest BCUT2D eigenvalue weighted by molar-refractivity contribution is 5.96. The van der Waals surface area contributed by atoms with E-state index in [4.69, 9.17) is 10.2 Å². The van der Waals surface area contributed by atoms with E-state index in [-0.39, 0.29) is 5.57 Å². The molecule has 0 spiro atoms. The SMILES string of the molecule is C=C(C)C(=O)NC(O)(CC(=O)O)C(=O)O. The summed E-state index contributed by atoms with van der Waals surface area (Å²) >= 11 is 0. The smallest absolute Gasteiger partial charge is 0.357 e. The van der Waals surface area contributed by atoms with Gasteiger partial charge in [-0.05, 0) is 6.92 Å². The van der Waals surface area contributed by atoms with Crippen molar-refractivity contribution >= 4 is 17.8 Å². The number of nitrogens with one attached hydrogen (secondary N) is 1. The van der Waals surface area contributed by atoms with E-state index < -0.39 is 30.0 Å². The van der Waals surface area contributed by atoms with Gasteiger partial charge in [-0.2, -0.15) is 0 Å². The van der Waals surface area contributed by atoms with Crippen molar-refractivity contribution in [2.75, 3.05) is 0 Å². The molecule has 0 rings (SSSR count). The molecule has 0 saturated heterocycles. The van der Waals surface area contributed by atoms with E-state index in [0.717, 1.165) is 0 Å². The van der Waals surface area contributed by atoms with Crippen LogP contribution in [-0.2, 0) is 14.4 Å². The van der Waals surface area contributed by atoms with Crippen LogP contribution in [0.15, 0.2) is 12.2 Å². The Morgan fingerprint density at radius 1 is 1.33 bits per heavy atom. The zero-order valence-corrected chi connectivity index (χ0v) is 7.98. The lowest BCUT2D eigenvalue weighted by Crippen LogP contribution is -2.55. The van der Waals surface area contributed by atoms with Gasteiger partial charge in [-0.3, -0.25) is 9.59 Å². The number of hydrogen-bond donors (Lipinski definition) is 4. The molecule has 7 heteroatoms. The molecule has 0 bridgehead atoms. The predicted octanol–water partition coefficient (Wildman–Crippen LogP) is -1.07. The predicted molar refractivity (Wildman–Crippen MR) is 47.8 cm³/mol. The van der Waals surface area contributed by atoms with E-state index in [0.29, 0.717) is 0 Å².